The average Bonchev–Trinajstić information content (AvgIpc) is 3.24. The minimum atomic E-state index is -0.214. The Labute approximate surface area is 204 Å². The Morgan fingerprint density at radius 1 is 1.18 bits per heavy atom. The van der Waals surface area contributed by atoms with E-state index in [0.29, 0.717) is 41.0 Å². The molecular weight excluding hydrogens is 456 g/mol. The van der Waals surface area contributed by atoms with E-state index in [1.807, 2.05) is 18.2 Å². The molecule has 0 aliphatic carbocycles. The Morgan fingerprint density at radius 3 is 2.76 bits per heavy atom. The van der Waals surface area contributed by atoms with Gasteiger partial charge >= 0.3 is 5.97 Å². The Bertz CT molecular complexity index is 1080. The first kappa shape index (κ1) is 25.2. The number of rotatable bonds is 12. The van der Waals surface area contributed by atoms with E-state index in [4.69, 9.17) is 16.3 Å². The van der Waals surface area contributed by atoms with Crippen LogP contribution < -0.4 is 5.32 Å². The van der Waals surface area contributed by atoms with E-state index >= 15 is 0 Å². The second-order valence-corrected chi connectivity index (χ2v) is 9.62. The fraction of sp³-hybridized carbons (Fsp3) is 0.385. The van der Waals surface area contributed by atoms with Crippen molar-refractivity contribution in [2.75, 3.05) is 17.7 Å². The van der Waals surface area contributed by atoms with E-state index in [1.165, 1.54) is 6.42 Å². The molecule has 1 aromatic heterocycles. The minimum Gasteiger partial charge on any atom is -0.465 e. The van der Waals surface area contributed by atoms with Crippen molar-refractivity contribution >= 4 is 51.8 Å². The molecule has 3 aromatic rings. The summed E-state index contributed by atoms with van der Waals surface area (Å²) in [4.78, 5) is 29.3. The molecule has 0 bridgehead atoms. The number of hydrogen-bond acceptors (Lipinski definition) is 4. The van der Waals surface area contributed by atoms with Gasteiger partial charge in [0.2, 0.25) is 0 Å². The lowest BCUT2D eigenvalue weighted by molar-refractivity contribution is -0.144. The Morgan fingerprint density at radius 2 is 2.00 bits per heavy atom. The van der Waals surface area contributed by atoms with Gasteiger partial charge in [-0.2, -0.15) is 0 Å². The highest BCUT2D eigenvalue weighted by molar-refractivity contribution is 7.99. The van der Waals surface area contributed by atoms with Crippen molar-refractivity contribution in [2.24, 2.45) is 5.92 Å². The number of benzene rings is 2. The summed E-state index contributed by atoms with van der Waals surface area (Å²) < 4.78 is 5.51. The van der Waals surface area contributed by atoms with Crippen molar-refractivity contribution < 1.29 is 14.3 Å². The molecule has 1 heterocycles. The van der Waals surface area contributed by atoms with Gasteiger partial charge in [-0.1, -0.05) is 56.8 Å². The molecule has 0 saturated carbocycles. The summed E-state index contributed by atoms with van der Waals surface area (Å²) in [7, 11) is 0. The van der Waals surface area contributed by atoms with Crippen LogP contribution in [-0.2, 0) is 9.53 Å². The third-order valence-corrected chi connectivity index (χ3v) is 6.88. The topological polar surface area (TPSA) is 71.2 Å². The maximum Gasteiger partial charge on any atom is 0.306 e. The van der Waals surface area contributed by atoms with Gasteiger partial charge in [-0.3, -0.25) is 9.59 Å². The number of nitrogens with one attached hydrogen (secondary N) is 2. The number of hydrogen-bond donors (Lipinski definition) is 2. The van der Waals surface area contributed by atoms with Crippen molar-refractivity contribution in [1.82, 2.24) is 4.98 Å². The number of amides is 1. The van der Waals surface area contributed by atoms with Crippen molar-refractivity contribution in [1.29, 1.82) is 0 Å². The first-order valence-electron chi connectivity index (χ1n) is 11.5. The van der Waals surface area contributed by atoms with E-state index in [9.17, 15) is 9.59 Å². The number of carbonyl (C=O) groups excluding carboxylic acids is 2. The first-order chi connectivity index (χ1) is 16.0. The third kappa shape index (κ3) is 7.27. The highest BCUT2D eigenvalue weighted by atomic mass is 35.5. The maximum atomic E-state index is 12.9. The molecular formula is C26H31ClN2O3S. The number of ether oxygens (including phenoxy) is 1. The number of carbonyl (C=O) groups is 2. The number of aromatic nitrogens is 1. The first-order valence-corrected chi connectivity index (χ1v) is 12.8. The molecule has 0 spiro atoms. The van der Waals surface area contributed by atoms with E-state index < -0.39 is 0 Å². The van der Waals surface area contributed by atoms with Gasteiger partial charge in [0.05, 0.1) is 18.6 Å². The number of anilines is 1. The fourth-order valence-corrected chi connectivity index (χ4v) is 4.86. The molecule has 1 amide bonds. The molecule has 1 atom stereocenters. The molecule has 0 saturated heterocycles. The molecule has 5 nitrogen and oxygen atoms in total. The fourth-order valence-electron chi connectivity index (χ4n) is 3.64. The van der Waals surface area contributed by atoms with E-state index in [1.54, 1.807) is 42.2 Å². The average molecular weight is 487 g/mol. The normalized spacial score (nSPS) is 12.0. The summed E-state index contributed by atoms with van der Waals surface area (Å²) in [5.74, 6) is 0.645. The van der Waals surface area contributed by atoms with Gasteiger partial charge in [0.25, 0.3) is 5.91 Å². The van der Waals surface area contributed by atoms with Crippen molar-refractivity contribution in [2.45, 2.75) is 50.8 Å². The number of halogens is 1. The van der Waals surface area contributed by atoms with Crippen LogP contribution in [0.3, 0.4) is 0 Å². The van der Waals surface area contributed by atoms with Crippen LogP contribution in [0.4, 0.5) is 5.69 Å². The van der Waals surface area contributed by atoms with Crippen LogP contribution in [0.2, 0.25) is 5.02 Å². The Hall–Kier alpha value is -2.44. The van der Waals surface area contributed by atoms with Gasteiger partial charge in [0.1, 0.15) is 0 Å². The number of fused-ring (bicyclic) bond motifs is 1. The molecule has 7 heteroatoms. The van der Waals surface area contributed by atoms with E-state index in [0.717, 1.165) is 35.1 Å². The number of thioether (sulfide) groups is 1. The minimum absolute atomic E-state index is 0.169. The van der Waals surface area contributed by atoms with E-state index in [2.05, 4.69) is 24.1 Å². The second kappa shape index (κ2) is 12.7. The predicted octanol–water partition coefficient (Wildman–Crippen LogP) is 7.32. The lowest BCUT2D eigenvalue weighted by Gasteiger charge is -2.14. The standard InChI is InChI=1S/C26H31ClN2O3S/c1-3-5-8-18(4-2)17-32-24(30)13-14-33-23-12-7-11-22-25(23)21(16-28-22)26(31)29-20-10-6-9-19(27)15-20/h6-7,9-12,15-16,18,28H,3-5,8,13-14,17H2,1-2H3,(H,29,31). The smallest absolute Gasteiger partial charge is 0.306 e. The van der Waals surface area contributed by atoms with Crippen molar-refractivity contribution in [3.8, 4) is 0 Å². The van der Waals surface area contributed by atoms with Crippen LogP contribution in [0.15, 0.2) is 53.6 Å². The summed E-state index contributed by atoms with van der Waals surface area (Å²) in [6.45, 7) is 4.82. The molecule has 0 aliphatic rings. The summed E-state index contributed by atoms with van der Waals surface area (Å²) in [5.41, 5.74) is 2.07. The highest BCUT2D eigenvalue weighted by Crippen LogP contribution is 2.31. The monoisotopic (exact) mass is 486 g/mol. The third-order valence-electron chi connectivity index (χ3n) is 5.58. The van der Waals surface area contributed by atoms with E-state index in [-0.39, 0.29) is 11.9 Å². The van der Waals surface area contributed by atoms with Crippen LogP contribution in [0.25, 0.3) is 10.9 Å². The van der Waals surface area contributed by atoms with Gasteiger partial charge < -0.3 is 15.0 Å². The highest BCUT2D eigenvalue weighted by Gasteiger charge is 2.16. The zero-order valence-electron chi connectivity index (χ0n) is 19.2. The number of aromatic amines is 1. The second-order valence-electron chi connectivity index (χ2n) is 8.04. The Kier molecular flexibility index (Phi) is 9.70. The molecule has 33 heavy (non-hydrogen) atoms. The number of esters is 1. The molecule has 3 rings (SSSR count). The number of unbranched alkanes of at least 4 members (excludes halogenated alkanes) is 1. The molecule has 2 aromatic carbocycles. The van der Waals surface area contributed by atoms with Crippen LogP contribution in [0.5, 0.6) is 0 Å². The lowest BCUT2D eigenvalue weighted by Crippen LogP contribution is -2.14. The van der Waals surface area contributed by atoms with Crippen LogP contribution >= 0.6 is 23.4 Å². The zero-order chi connectivity index (χ0) is 23.6. The summed E-state index contributed by atoms with van der Waals surface area (Å²) in [6, 6.07) is 12.9. The maximum absolute atomic E-state index is 12.9. The largest absolute Gasteiger partial charge is 0.465 e. The quantitative estimate of drug-likeness (QED) is 0.208. The summed E-state index contributed by atoms with van der Waals surface area (Å²) in [6.07, 6.45) is 6.50. The van der Waals surface area contributed by atoms with Gasteiger partial charge in [-0.15, -0.1) is 11.8 Å². The molecule has 0 radical (unpaired) electrons. The van der Waals surface area contributed by atoms with Crippen LogP contribution in [-0.4, -0.2) is 29.2 Å². The van der Waals surface area contributed by atoms with Crippen molar-refractivity contribution in [3.05, 3.63) is 59.2 Å². The molecule has 0 aliphatic heterocycles. The van der Waals surface area contributed by atoms with Gasteiger partial charge in [0.15, 0.2) is 0 Å². The summed E-state index contributed by atoms with van der Waals surface area (Å²) in [5, 5.41) is 4.31. The van der Waals surface area contributed by atoms with Crippen LogP contribution in [0, 0.1) is 5.92 Å². The van der Waals surface area contributed by atoms with Gasteiger partial charge in [0, 0.05) is 38.5 Å². The Balaban J connectivity index is 1.60. The van der Waals surface area contributed by atoms with Gasteiger partial charge in [-0.05, 0) is 42.7 Å². The van der Waals surface area contributed by atoms with Crippen molar-refractivity contribution in [3.63, 3.8) is 0 Å². The molecule has 2 N–H and O–H groups in total. The summed E-state index contributed by atoms with van der Waals surface area (Å²) >= 11 is 7.58. The zero-order valence-corrected chi connectivity index (χ0v) is 20.7. The molecule has 1 unspecified atom stereocenters. The molecule has 176 valence electrons. The SMILES string of the molecule is CCCCC(CC)COC(=O)CCSc1cccc2[nH]cc(C(=O)Nc3cccc(Cl)c3)c12. The van der Waals surface area contributed by atoms with Gasteiger partial charge in [-0.25, -0.2) is 0 Å². The number of H-pyrrole nitrogens is 1. The molecule has 0 fully saturated rings. The lowest BCUT2D eigenvalue weighted by atomic mass is 10.0. The predicted molar refractivity (Wildman–Crippen MR) is 137 cm³/mol. The van der Waals surface area contributed by atoms with Crippen LogP contribution in [0.1, 0.15) is 56.3 Å².